The fourth-order valence-electron chi connectivity index (χ4n) is 3.80. The molecule has 30 heavy (non-hydrogen) atoms. The van der Waals surface area contributed by atoms with Gasteiger partial charge in [-0.2, -0.15) is 0 Å². The molecule has 1 saturated carbocycles. The molecule has 1 fully saturated rings. The van der Waals surface area contributed by atoms with E-state index in [9.17, 15) is 19.5 Å². The number of nitro groups is 1. The SMILES string of the molecule is C=CCOC(=O)[C@]1(Cc2ccc([N+](=O)[O-])cc2)CCCCC[C@H]1N[S+]([O-])C(C)(C)C. The zero-order valence-electron chi connectivity index (χ0n) is 18.0. The molecule has 2 rings (SSSR count). The highest BCUT2D eigenvalue weighted by Gasteiger charge is 2.50. The van der Waals surface area contributed by atoms with Gasteiger partial charge >= 0.3 is 5.97 Å². The minimum Gasteiger partial charge on any atom is -0.598 e. The average Bonchev–Trinajstić information content (AvgIpc) is 2.89. The van der Waals surface area contributed by atoms with E-state index >= 15 is 0 Å². The number of hydrogen-bond acceptors (Lipinski definition) is 6. The molecule has 0 bridgehead atoms. The molecule has 1 aliphatic rings. The van der Waals surface area contributed by atoms with Crippen LogP contribution in [0.4, 0.5) is 5.69 Å². The zero-order valence-corrected chi connectivity index (χ0v) is 18.8. The molecule has 7 nitrogen and oxygen atoms in total. The van der Waals surface area contributed by atoms with E-state index in [-0.39, 0.29) is 24.3 Å². The third-order valence-electron chi connectivity index (χ3n) is 5.49. The van der Waals surface area contributed by atoms with Gasteiger partial charge in [0.1, 0.15) is 11.4 Å². The summed E-state index contributed by atoms with van der Waals surface area (Å²) in [5, 5.41) is 11.0. The van der Waals surface area contributed by atoms with Crippen LogP contribution in [0.1, 0.15) is 58.4 Å². The van der Waals surface area contributed by atoms with Gasteiger partial charge in [-0.3, -0.25) is 14.9 Å². The summed E-state index contributed by atoms with van der Waals surface area (Å²) in [6.07, 6.45) is 5.96. The van der Waals surface area contributed by atoms with Gasteiger partial charge in [0.25, 0.3) is 5.69 Å². The van der Waals surface area contributed by atoms with Crippen LogP contribution in [0.5, 0.6) is 0 Å². The lowest BCUT2D eigenvalue weighted by molar-refractivity contribution is -0.384. The first kappa shape index (κ1) is 24.4. The predicted octanol–water partition coefficient (Wildman–Crippen LogP) is 4.24. The molecule has 166 valence electrons. The van der Waals surface area contributed by atoms with E-state index in [1.165, 1.54) is 18.2 Å². The standard InChI is InChI=1S/C22H32N2O5S/c1-5-15-29-20(25)22(16-17-10-12-18(13-11-17)24(26)27)14-8-6-7-9-19(22)23-30(28)21(2,3)4/h5,10-13,19,23H,1,6-9,14-16H2,2-4H3/t19-,22+,30?/m1/s1. The van der Waals surface area contributed by atoms with Gasteiger partial charge in [0.05, 0.1) is 16.4 Å². The topological polar surface area (TPSA) is 105 Å². The number of esters is 1. The Morgan fingerprint density at radius 3 is 2.57 bits per heavy atom. The maximum Gasteiger partial charge on any atom is 0.314 e. The van der Waals surface area contributed by atoms with Gasteiger partial charge in [-0.1, -0.05) is 44.1 Å². The van der Waals surface area contributed by atoms with Crippen LogP contribution >= 0.6 is 0 Å². The van der Waals surface area contributed by atoms with Crippen molar-refractivity contribution in [2.45, 2.75) is 70.1 Å². The van der Waals surface area contributed by atoms with Crippen molar-refractivity contribution >= 4 is 23.0 Å². The minimum absolute atomic E-state index is 0.00594. The molecular formula is C22H32N2O5S. The molecule has 0 aliphatic heterocycles. The molecule has 3 atom stereocenters. The van der Waals surface area contributed by atoms with Crippen LogP contribution in [0.25, 0.3) is 0 Å². The van der Waals surface area contributed by atoms with Crippen molar-refractivity contribution in [3.8, 4) is 0 Å². The highest BCUT2D eigenvalue weighted by Crippen LogP contribution is 2.41. The summed E-state index contributed by atoms with van der Waals surface area (Å²) in [5.41, 5.74) is -0.0888. The summed E-state index contributed by atoms with van der Waals surface area (Å²) < 4.78 is 21.2. The van der Waals surface area contributed by atoms with Crippen molar-refractivity contribution in [1.82, 2.24) is 4.72 Å². The van der Waals surface area contributed by atoms with Crippen LogP contribution in [0.3, 0.4) is 0 Å². The molecule has 1 aliphatic carbocycles. The normalized spacial score (nSPS) is 23.3. The Labute approximate surface area is 181 Å². The van der Waals surface area contributed by atoms with E-state index in [4.69, 9.17) is 4.74 Å². The fourth-order valence-corrected chi connectivity index (χ4v) is 4.76. The van der Waals surface area contributed by atoms with Crippen LogP contribution in [-0.4, -0.2) is 32.8 Å². The number of benzene rings is 1. The fraction of sp³-hybridized carbons (Fsp3) is 0.591. The Morgan fingerprint density at radius 2 is 2.00 bits per heavy atom. The van der Waals surface area contributed by atoms with Crippen molar-refractivity contribution in [2.75, 3.05) is 6.61 Å². The summed E-state index contributed by atoms with van der Waals surface area (Å²) in [5.74, 6) is -0.342. The second kappa shape index (κ2) is 10.4. The third kappa shape index (κ3) is 6.06. The summed E-state index contributed by atoms with van der Waals surface area (Å²) in [6.45, 7) is 9.40. The van der Waals surface area contributed by atoms with E-state index < -0.39 is 26.4 Å². The van der Waals surface area contributed by atoms with Gasteiger partial charge < -0.3 is 9.29 Å². The van der Waals surface area contributed by atoms with Gasteiger partial charge in [-0.05, 0) is 45.6 Å². The lowest BCUT2D eigenvalue weighted by Crippen LogP contribution is -2.56. The van der Waals surface area contributed by atoms with E-state index in [0.29, 0.717) is 19.3 Å². The molecule has 0 spiro atoms. The molecule has 0 saturated heterocycles. The van der Waals surface area contributed by atoms with Crippen LogP contribution in [0.15, 0.2) is 36.9 Å². The Morgan fingerprint density at radius 1 is 1.33 bits per heavy atom. The summed E-state index contributed by atoms with van der Waals surface area (Å²) in [4.78, 5) is 23.9. The molecule has 0 heterocycles. The van der Waals surface area contributed by atoms with Crippen molar-refractivity contribution in [3.63, 3.8) is 0 Å². The molecule has 0 aromatic heterocycles. The quantitative estimate of drug-likeness (QED) is 0.163. The Balaban J connectivity index is 2.42. The van der Waals surface area contributed by atoms with Gasteiger partial charge in [0, 0.05) is 23.5 Å². The smallest absolute Gasteiger partial charge is 0.314 e. The van der Waals surface area contributed by atoms with Gasteiger partial charge in [0.15, 0.2) is 0 Å². The number of ether oxygens (including phenoxy) is 1. The maximum absolute atomic E-state index is 13.3. The molecule has 8 heteroatoms. The van der Waals surface area contributed by atoms with Crippen LogP contribution in [0, 0.1) is 15.5 Å². The molecule has 1 N–H and O–H groups in total. The lowest BCUT2D eigenvalue weighted by atomic mass is 9.72. The highest BCUT2D eigenvalue weighted by atomic mass is 32.2. The van der Waals surface area contributed by atoms with E-state index in [2.05, 4.69) is 11.3 Å². The predicted molar refractivity (Wildman–Crippen MR) is 118 cm³/mol. The number of nitro benzene ring substituents is 1. The molecule has 1 aromatic rings. The van der Waals surface area contributed by atoms with Crippen molar-refractivity contribution < 1.29 is 19.0 Å². The minimum atomic E-state index is -1.35. The maximum atomic E-state index is 13.3. The van der Waals surface area contributed by atoms with Crippen LogP contribution < -0.4 is 4.72 Å². The molecule has 1 aromatic carbocycles. The van der Waals surface area contributed by atoms with E-state index in [1.54, 1.807) is 12.1 Å². The van der Waals surface area contributed by atoms with Crippen LogP contribution in [0.2, 0.25) is 0 Å². The number of carbonyl (C=O) groups is 1. The van der Waals surface area contributed by atoms with Gasteiger partial charge in [-0.25, -0.2) is 0 Å². The monoisotopic (exact) mass is 436 g/mol. The second-order valence-corrected chi connectivity index (χ2v) is 10.8. The summed E-state index contributed by atoms with van der Waals surface area (Å²) in [6, 6.07) is 5.94. The first-order valence-electron chi connectivity index (χ1n) is 10.3. The first-order chi connectivity index (χ1) is 14.1. The molecule has 1 unspecified atom stereocenters. The van der Waals surface area contributed by atoms with Gasteiger partial charge in [-0.15, -0.1) is 4.72 Å². The highest BCUT2D eigenvalue weighted by molar-refractivity contribution is 7.90. The lowest BCUT2D eigenvalue weighted by Gasteiger charge is -2.39. The third-order valence-corrected chi connectivity index (χ3v) is 7.10. The number of rotatable bonds is 8. The molecular weight excluding hydrogens is 404 g/mol. The van der Waals surface area contributed by atoms with Crippen LogP contribution in [-0.2, 0) is 27.3 Å². The Bertz CT molecular complexity index is 747. The number of non-ortho nitro benzene ring substituents is 1. The van der Waals surface area contributed by atoms with Crippen molar-refractivity contribution in [1.29, 1.82) is 0 Å². The van der Waals surface area contributed by atoms with E-state index in [0.717, 1.165) is 24.8 Å². The van der Waals surface area contributed by atoms with Crippen molar-refractivity contribution in [3.05, 3.63) is 52.6 Å². The zero-order chi connectivity index (χ0) is 22.4. The Hall–Kier alpha value is -1.90. The molecule has 0 amide bonds. The van der Waals surface area contributed by atoms with Crippen molar-refractivity contribution in [2.24, 2.45) is 5.41 Å². The number of nitrogens with zero attached hydrogens (tertiary/aromatic N) is 1. The molecule has 0 radical (unpaired) electrons. The average molecular weight is 437 g/mol. The second-order valence-electron chi connectivity index (χ2n) is 8.79. The first-order valence-corrected chi connectivity index (χ1v) is 11.4. The number of carbonyl (C=O) groups excluding carboxylic acids is 1. The van der Waals surface area contributed by atoms with Gasteiger partial charge in [0.2, 0.25) is 0 Å². The summed E-state index contributed by atoms with van der Waals surface area (Å²) in [7, 11) is 0. The Kier molecular flexibility index (Phi) is 8.46. The van der Waals surface area contributed by atoms with E-state index in [1.807, 2.05) is 20.8 Å². The number of hydrogen-bond donors (Lipinski definition) is 1. The summed E-state index contributed by atoms with van der Waals surface area (Å²) >= 11 is -1.35. The number of nitrogens with one attached hydrogen (secondary N) is 1. The largest absolute Gasteiger partial charge is 0.598 e.